The Morgan fingerprint density at radius 2 is 1.40 bits per heavy atom. The number of nitrogen functional groups attached to an aromatic ring is 2. The van der Waals surface area contributed by atoms with Crippen molar-refractivity contribution in [2.45, 2.75) is 51.4 Å². The zero-order valence-corrected chi connectivity index (χ0v) is 33.8. The molecule has 0 bridgehead atoms. The maximum Gasteiger partial charge on any atom is 0.318 e. The summed E-state index contributed by atoms with van der Waals surface area (Å²) in [5.74, 6) is 0.715. The number of hydrogen-bond donors (Lipinski definition) is 3. The smallest absolute Gasteiger partial charge is 0.318 e. The van der Waals surface area contributed by atoms with Crippen LogP contribution in [0.25, 0.3) is 0 Å². The molecule has 0 saturated carbocycles. The summed E-state index contributed by atoms with van der Waals surface area (Å²) < 4.78 is 33.0. The van der Waals surface area contributed by atoms with Gasteiger partial charge in [-0.15, -0.1) is 12.4 Å². The number of piperidine rings is 1. The van der Waals surface area contributed by atoms with Crippen LogP contribution < -0.4 is 28.8 Å². The number of halogens is 2. The number of quaternary nitrogens is 2. The molecular weight excluding hydrogens is 757 g/mol. The summed E-state index contributed by atoms with van der Waals surface area (Å²) in [5, 5.41) is 29.3. The summed E-state index contributed by atoms with van der Waals surface area (Å²) in [6.45, 7) is 7.27. The van der Waals surface area contributed by atoms with Gasteiger partial charge in [-0.25, -0.2) is 13.4 Å². The van der Waals surface area contributed by atoms with Crippen molar-refractivity contribution in [1.82, 2.24) is 9.97 Å². The van der Waals surface area contributed by atoms with Gasteiger partial charge in [0.05, 0.1) is 114 Å². The highest BCUT2D eigenvalue weighted by molar-refractivity contribution is 7.80. The maximum absolute atomic E-state index is 11.1. The summed E-state index contributed by atoms with van der Waals surface area (Å²) in [7, 11) is 5.13. The van der Waals surface area contributed by atoms with E-state index in [4.69, 9.17) is 16.6 Å². The van der Waals surface area contributed by atoms with Gasteiger partial charge >= 0.3 is 5.69 Å². The number of likely N-dealkylation sites (N-methyl/N-ethyl adjacent to an activating group) is 1. The summed E-state index contributed by atoms with van der Waals surface area (Å²) in [5.41, 5.74) is 13.4. The summed E-state index contributed by atoms with van der Waals surface area (Å²) >= 11 is 0. The van der Waals surface area contributed by atoms with Gasteiger partial charge in [0.25, 0.3) is 5.69 Å². The van der Waals surface area contributed by atoms with Gasteiger partial charge in [-0.05, 0) is 38.7 Å². The van der Waals surface area contributed by atoms with Crippen LogP contribution in [0.3, 0.4) is 0 Å². The van der Waals surface area contributed by atoms with Gasteiger partial charge in [0.1, 0.15) is 6.20 Å². The molecule has 4 heterocycles. The molecule has 0 amide bonds. The number of aromatic nitrogens is 2. The minimum atomic E-state index is -4.41. The Bertz CT molecular complexity index is 1520. The number of piperazine rings is 1. The molecule has 0 unspecified atom stereocenters. The van der Waals surface area contributed by atoms with E-state index >= 15 is 0 Å². The highest BCUT2D eigenvalue weighted by Crippen LogP contribution is 2.32. The molecule has 5 rings (SSSR count). The van der Waals surface area contributed by atoms with Crippen molar-refractivity contribution < 1.29 is 53.5 Å². The van der Waals surface area contributed by atoms with E-state index in [9.17, 15) is 33.2 Å². The van der Waals surface area contributed by atoms with Gasteiger partial charge in [0.2, 0.25) is 16.2 Å². The molecule has 0 radical (unpaired) electrons. The van der Waals surface area contributed by atoms with Crippen LogP contribution in [0.2, 0.25) is 0 Å². The predicted molar refractivity (Wildman–Crippen MR) is 203 cm³/mol. The van der Waals surface area contributed by atoms with Crippen molar-refractivity contribution in [1.29, 1.82) is 0 Å². The van der Waals surface area contributed by atoms with Crippen LogP contribution in [-0.2, 0) is 14.6 Å². The Labute approximate surface area is 325 Å². The molecule has 2 fully saturated rings. The van der Waals surface area contributed by atoms with E-state index in [0.29, 0.717) is 24.7 Å². The normalized spacial score (nSPS) is 17.1. The van der Waals surface area contributed by atoms with Crippen molar-refractivity contribution in [2.75, 3.05) is 97.5 Å². The van der Waals surface area contributed by atoms with Gasteiger partial charge in [-0.2, -0.15) is 0 Å². The second-order valence-electron chi connectivity index (χ2n) is 13.5. The molecule has 1 aliphatic carbocycles. The molecule has 53 heavy (non-hydrogen) atoms. The topological polar surface area (TPSA) is 254 Å². The van der Waals surface area contributed by atoms with E-state index in [-0.39, 0.29) is 48.6 Å². The van der Waals surface area contributed by atoms with Crippen LogP contribution in [0.4, 0.5) is 28.6 Å². The van der Waals surface area contributed by atoms with Gasteiger partial charge in [-0.1, -0.05) is 12.2 Å². The van der Waals surface area contributed by atoms with Crippen molar-refractivity contribution in [3.63, 3.8) is 0 Å². The quantitative estimate of drug-likeness (QED) is 0.0935. The highest BCUT2D eigenvalue weighted by atomic mass is 35.5. The van der Waals surface area contributed by atoms with E-state index in [1.165, 1.54) is 38.8 Å². The average Bonchev–Trinajstić information content (AvgIpc) is 3.06. The number of anilines is 3. The van der Waals surface area contributed by atoms with E-state index in [2.05, 4.69) is 54.5 Å². The average molecular weight is 815 g/mol. The first-order valence-electron chi connectivity index (χ1n) is 16.7. The third kappa shape index (κ3) is 20.6. The molecule has 0 spiro atoms. The lowest BCUT2D eigenvalue weighted by atomic mass is 9.91. The Kier molecular flexibility index (Phi) is 24.2. The van der Waals surface area contributed by atoms with Crippen molar-refractivity contribution in [3.05, 3.63) is 62.6 Å². The number of aliphatic hydroxyl groups is 1. The summed E-state index contributed by atoms with van der Waals surface area (Å²) in [6.07, 6.45) is 15.1. The first kappa shape index (κ1) is 51.7. The van der Waals surface area contributed by atoms with E-state index in [1.54, 1.807) is 13.1 Å². The molecule has 2 aromatic heterocycles. The number of nitrogens with zero attached hydrogens (tertiary/aromatic N) is 7. The second-order valence-corrected chi connectivity index (χ2v) is 14.6. The largest absolute Gasteiger partial charge is 1.00 e. The van der Waals surface area contributed by atoms with Gasteiger partial charge in [0.15, 0.2) is 0 Å². The molecule has 2 aliphatic heterocycles. The molecule has 3 aliphatic rings. The molecule has 0 aromatic carbocycles. The maximum atomic E-state index is 11.1. The number of rotatable bonds is 5. The highest BCUT2D eigenvalue weighted by Gasteiger charge is 2.31. The predicted octanol–water partition coefficient (Wildman–Crippen LogP) is 0.628. The molecule has 21 heteroatoms. The lowest BCUT2D eigenvalue weighted by Gasteiger charge is -2.39. The van der Waals surface area contributed by atoms with Crippen molar-refractivity contribution >= 4 is 51.4 Å². The number of allylic oxidation sites excluding steroid dienone is 2. The Morgan fingerprint density at radius 1 is 0.925 bits per heavy atom. The van der Waals surface area contributed by atoms with Crippen molar-refractivity contribution in [3.8, 4) is 0 Å². The fraction of sp³-hybridized carbons (Fsp3) is 0.625. The fourth-order valence-electron chi connectivity index (χ4n) is 5.28. The molecule has 0 atom stereocenters. The van der Waals surface area contributed by atoms with E-state index in [1.807, 2.05) is 11.0 Å². The van der Waals surface area contributed by atoms with Gasteiger partial charge < -0.3 is 47.4 Å². The van der Waals surface area contributed by atoms with Crippen LogP contribution in [0.5, 0.6) is 0 Å². The number of hydrogen-bond acceptors (Lipinski definition) is 14. The molecule has 5 N–H and O–H groups in total. The zero-order valence-electron chi connectivity index (χ0n) is 31.4. The van der Waals surface area contributed by atoms with Crippen LogP contribution in [0.1, 0.15) is 57.1 Å². The Balaban J connectivity index is 0. The van der Waals surface area contributed by atoms with Crippen LogP contribution >= 0.6 is 12.4 Å². The van der Waals surface area contributed by atoms with E-state index in [0.717, 1.165) is 65.7 Å². The number of likely N-dealkylation sites (tertiary alicyclic amines) is 1. The van der Waals surface area contributed by atoms with E-state index < -0.39 is 20.2 Å². The minimum absolute atomic E-state index is 0. The fourth-order valence-corrected chi connectivity index (χ4v) is 5.28. The first-order valence-corrected chi connectivity index (χ1v) is 18.0. The molecule has 304 valence electrons. The standard InChI is InChI=1S/C12H21N4.C11H16N5O4.C6H10.C2H6O.CH4O4S.2ClH/c1-16(2)5-3-9(4-6-16)12-11(14)7-10(13)8-15-12;1-16(2)5-3-13(4-6-16)11-10(15(19)20)7-9(8-12-11)14(17)18;1-2-4-6-5-3-1;1-2-3;1-5-6(2,3)4;;/h7-9H,3-6,13-14H2,1-2H3;7-8H,3-6H2,1-2H3;1-2H,3-6H2;3H,2H2,1H3;1H3,(H,2,3,4);2*1H/q2*+1;;;;;/p-2. The first-order chi connectivity index (χ1) is 23.8. The van der Waals surface area contributed by atoms with Crippen LogP contribution in [0.15, 0.2) is 36.7 Å². The second kappa shape index (κ2) is 24.8. The lowest BCUT2D eigenvalue weighted by Crippen LogP contribution is -3.00. The SMILES string of the molecule is C1=CCCCC1.CCO.COS(=O)(=O)[O-].C[N+]1(C)CCC(c2ncc(N)cc2N)CC1.C[N+]1(C)CCN(c2ncc([N+](=O)[O-])cc2[N+](=O)[O-])CC1.Cl.[Cl-]. The zero-order chi connectivity index (χ0) is 38.8. The Morgan fingerprint density at radius 3 is 1.77 bits per heavy atom. The van der Waals surface area contributed by atoms with Gasteiger partial charge in [-0.3, -0.25) is 29.4 Å². The van der Waals surface area contributed by atoms with Crippen molar-refractivity contribution in [2.24, 2.45) is 0 Å². The molecule has 18 nitrogen and oxygen atoms in total. The number of nitrogens with two attached hydrogens (primary N) is 2. The third-order valence-electron chi connectivity index (χ3n) is 8.38. The van der Waals surface area contributed by atoms with Gasteiger partial charge in [0, 0.05) is 25.4 Å². The molecule has 2 saturated heterocycles. The van der Waals surface area contributed by atoms with Crippen LogP contribution in [0, 0.1) is 20.2 Å². The molecule has 2 aromatic rings. The number of nitro groups is 2. The summed E-state index contributed by atoms with van der Waals surface area (Å²) in [4.78, 5) is 30.6. The molecular formula is C32H57Cl2N9O9S. The van der Waals surface area contributed by atoms with Crippen LogP contribution in [-0.4, -0.2) is 128 Å². The monoisotopic (exact) mass is 813 g/mol. The number of pyridine rings is 2. The minimum Gasteiger partial charge on any atom is -1.00 e. The summed E-state index contributed by atoms with van der Waals surface area (Å²) in [6, 6.07) is 2.79. The Hall–Kier alpha value is -3.43. The lowest BCUT2D eigenvalue weighted by molar-refractivity contribution is -0.895. The number of aliphatic hydroxyl groups excluding tert-OH is 1. The third-order valence-corrected chi connectivity index (χ3v) is 8.78.